The topological polar surface area (TPSA) is 96.4 Å². The first-order valence-corrected chi connectivity index (χ1v) is 13.2. The van der Waals surface area contributed by atoms with Gasteiger partial charge in [0.15, 0.2) is 18.1 Å². The van der Waals surface area contributed by atoms with Crippen LogP contribution >= 0.6 is 39.9 Å². The van der Waals surface area contributed by atoms with Crippen LogP contribution in [0.3, 0.4) is 0 Å². The summed E-state index contributed by atoms with van der Waals surface area (Å²) < 4.78 is 12.6. The van der Waals surface area contributed by atoms with E-state index in [1.165, 1.54) is 16.7 Å². The van der Waals surface area contributed by atoms with Gasteiger partial charge in [-0.25, -0.2) is 0 Å². The number of rotatable bonds is 10. The Morgan fingerprint density at radius 1 is 1.24 bits per heavy atom. The lowest BCUT2D eigenvalue weighted by molar-refractivity contribution is -0.137. The zero-order chi connectivity index (χ0) is 24.7. The number of nitrogens with zero attached hydrogens (tertiary/aromatic N) is 2. The summed E-state index contributed by atoms with van der Waals surface area (Å²) >= 11 is 9.99. The van der Waals surface area contributed by atoms with Crippen LogP contribution in [-0.4, -0.2) is 69.9 Å². The summed E-state index contributed by atoms with van der Waals surface area (Å²) in [7, 11) is 0. The lowest BCUT2D eigenvalue weighted by Crippen LogP contribution is -2.38. The number of piperidine rings is 1. The minimum absolute atomic E-state index is 0.0253. The number of hydrogen-bond donors (Lipinski definition) is 1. The summed E-state index contributed by atoms with van der Waals surface area (Å²) in [5.74, 6) is -0.307. The smallest absolute Gasteiger partial charge is 0.303 e. The third-order valence-electron chi connectivity index (χ3n) is 5.32. The van der Waals surface area contributed by atoms with Crippen LogP contribution in [0.15, 0.2) is 21.5 Å². The third-order valence-corrected chi connectivity index (χ3v) is 7.29. The van der Waals surface area contributed by atoms with E-state index in [0.29, 0.717) is 43.8 Å². The van der Waals surface area contributed by atoms with Crippen molar-refractivity contribution in [2.75, 3.05) is 32.8 Å². The van der Waals surface area contributed by atoms with Gasteiger partial charge < -0.3 is 19.5 Å². The van der Waals surface area contributed by atoms with Gasteiger partial charge in [-0.3, -0.25) is 19.3 Å². The molecule has 0 saturated carbocycles. The van der Waals surface area contributed by atoms with Gasteiger partial charge in [-0.05, 0) is 72.3 Å². The number of carboxylic acids is 1. The highest BCUT2D eigenvalue weighted by molar-refractivity contribution is 9.10. The molecular weight excluding hydrogens is 544 g/mol. The molecule has 0 radical (unpaired) electrons. The normalized spacial score (nSPS) is 17.4. The molecule has 2 aliphatic rings. The van der Waals surface area contributed by atoms with E-state index in [1.807, 2.05) is 11.8 Å². The fraction of sp³-hybridized carbons (Fsp3) is 0.478. The Labute approximate surface area is 216 Å². The van der Waals surface area contributed by atoms with E-state index in [1.54, 1.807) is 18.2 Å². The molecule has 0 aromatic heterocycles. The summed E-state index contributed by atoms with van der Waals surface area (Å²) in [6.07, 6.45) is 5.19. The molecule has 0 bridgehead atoms. The first kappa shape index (κ1) is 26.5. The van der Waals surface area contributed by atoms with Gasteiger partial charge in [-0.15, -0.1) is 0 Å². The Morgan fingerprint density at radius 2 is 1.97 bits per heavy atom. The second-order valence-corrected chi connectivity index (χ2v) is 10.4. The second-order valence-electron chi connectivity index (χ2n) is 7.82. The maximum Gasteiger partial charge on any atom is 0.303 e. The van der Waals surface area contributed by atoms with Crippen LogP contribution in [0.5, 0.6) is 11.5 Å². The van der Waals surface area contributed by atoms with Crippen LogP contribution in [0, 0.1) is 0 Å². The highest BCUT2D eigenvalue weighted by Crippen LogP contribution is 2.39. The van der Waals surface area contributed by atoms with Crippen molar-refractivity contribution in [3.8, 4) is 11.5 Å². The average Bonchev–Trinajstić information content (AvgIpc) is 3.06. The van der Waals surface area contributed by atoms with Crippen LogP contribution in [0.4, 0.5) is 0 Å². The maximum absolute atomic E-state index is 12.8. The predicted molar refractivity (Wildman–Crippen MR) is 138 cm³/mol. The molecule has 1 aromatic rings. The minimum atomic E-state index is -0.908. The molecule has 8 nitrogen and oxygen atoms in total. The molecule has 2 fully saturated rings. The Hall–Kier alpha value is -2.11. The number of amides is 2. The van der Waals surface area contributed by atoms with Crippen LogP contribution in [0.1, 0.15) is 44.6 Å². The average molecular weight is 572 g/mol. The largest absolute Gasteiger partial charge is 0.490 e. The molecule has 0 spiro atoms. The lowest BCUT2D eigenvalue weighted by atomic mass is 10.1. The number of ether oxygens (including phenoxy) is 2. The Kier molecular flexibility index (Phi) is 9.78. The fourth-order valence-electron chi connectivity index (χ4n) is 3.68. The van der Waals surface area contributed by atoms with Crippen molar-refractivity contribution in [1.29, 1.82) is 0 Å². The van der Waals surface area contributed by atoms with Crippen molar-refractivity contribution in [3.05, 3.63) is 27.1 Å². The van der Waals surface area contributed by atoms with Gasteiger partial charge >= 0.3 is 5.97 Å². The van der Waals surface area contributed by atoms with Crippen LogP contribution in [0.25, 0.3) is 6.08 Å². The molecule has 1 aromatic carbocycles. The Balaban J connectivity index is 1.73. The fourth-order valence-corrected chi connectivity index (χ4v) is 5.56. The highest BCUT2D eigenvalue weighted by Gasteiger charge is 2.31. The second kappa shape index (κ2) is 12.6. The van der Waals surface area contributed by atoms with Gasteiger partial charge in [0.1, 0.15) is 4.32 Å². The summed E-state index contributed by atoms with van der Waals surface area (Å²) in [4.78, 5) is 39.7. The van der Waals surface area contributed by atoms with Crippen molar-refractivity contribution >= 4 is 68.1 Å². The molecule has 34 heavy (non-hydrogen) atoms. The number of thioether (sulfide) groups is 1. The van der Waals surface area contributed by atoms with E-state index in [-0.39, 0.29) is 31.4 Å². The SMILES string of the molecule is CCOc1cc(/C=C2/SC(=S)N(CCCC(=O)O)C2=O)cc(Br)c1OCC(=O)N1CCCCC1. The summed E-state index contributed by atoms with van der Waals surface area (Å²) in [5, 5.41) is 8.82. The summed E-state index contributed by atoms with van der Waals surface area (Å²) in [6.45, 7) is 3.96. The van der Waals surface area contributed by atoms with Crippen molar-refractivity contribution in [2.24, 2.45) is 0 Å². The minimum Gasteiger partial charge on any atom is -0.490 e. The number of carbonyl (C=O) groups excluding carboxylic acids is 2. The molecule has 2 amide bonds. The van der Waals surface area contributed by atoms with E-state index in [4.69, 9.17) is 26.8 Å². The molecule has 11 heteroatoms. The molecule has 2 saturated heterocycles. The molecule has 3 rings (SSSR count). The van der Waals surface area contributed by atoms with Crippen LogP contribution in [-0.2, 0) is 14.4 Å². The van der Waals surface area contributed by atoms with Gasteiger partial charge in [0.05, 0.1) is 16.0 Å². The standard InChI is InChI=1S/C23H27BrN2O6S2/c1-2-31-17-12-15(13-18-22(30)26(23(33)34-18)10-6-7-20(28)29)11-16(24)21(17)32-14-19(27)25-8-4-3-5-9-25/h11-13H,2-10,14H2,1H3,(H,28,29)/b18-13+. The van der Waals surface area contributed by atoms with E-state index in [2.05, 4.69) is 15.9 Å². The third kappa shape index (κ3) is 6.96. The van der Waals surface area contributed by atoms with Gasteiger partial charge in [0.2, 0.25) is 0 Å². The molecule has 0 aliphatic carbocycles. The lowest BCUT2D eigenvalue weighted by Gasteiger charge is -2.26. The first-order valence-electron chi connectivity index (χ1n) is 11.1. The molecule has 1 N–H and O–H groups in total. The molecule has 184 valence electrons. The number of carbonyl (C=O) groups is 3. The van der Waals surface area contributed by atoms with E-state index < -0.39 is 5.97 Å². The predicted octanol–water partition coefficient (Wildman–Crippen LogP) is 4.31. The summed E-state index contributed by atoms with van der Waals surface area (Å²) in [6, 6.07) is 3.55. The molecule has 2 aliphatic heterocycles. The van der Waals surface area contributed by atoms with Gasteiger partial charge in [0, 0.05) is 26.1 Å². The van der Waals surface area contributed by atoms with E-state index in [9.17, 15) is 14.4 Å². The Bertz CT molecular complexity index is 994. The first-order chi connectivity index (χ1) is 16.3. The number of thiocarbonyl (C=S) groups is 1. The highest BCUT2D eigenvalue weighted by atomic mass is 79.9. The van der Waals surface area contributed by atoms with E-state index in [0.717, 1.165) is 32.4 Å². The summed E-state index contributed by atoms with van der Waals surface area (Å²) in [5.41, 5.74) is 0.705. The van der Waals surface area contributed by atoms with Crippen LogP contribution < -0.4 is 9.47 Å². The maximum atomic E-state index is 12.8. The number of halogens is 1. The monoisotopic (exact) mass is 570 g/mol. The number of benzene rings is 1. The van der Waals surface area contributed by atoms with E-state index >= 15 is 0 Å². The molecule has 0 atom stereocenters. The molecule has 0 unspecified atom stereocenters. The van der Waals surface area contributed by atoms with Crippen molar-refractivity contribution in [1.82, 2.24) is 9.80 Å². The molecule has 2 heterocycles. The van der Waals surface area contributed by atoms with Gasteiger partial charge in [-0.2, -0.15) is 0 Å². The quantitative estimate of drug-likeness (QED) is 0.328. The number of hydrogen-bond acceptors (Lipinski definition) is 7. The number of aliphatic carboxylic acids is 1. The Morgan fingerprint density at radius 3 is 2.65 bits per heavy atom. The van der Waals surface area contributed by atoms with Crippen LogP contribution in [0.2, 0.25) is 0 Å². The number of likely N-dealkylation sites (tertiary alicyclic amines) is 1. The molecular formula is C23H27BrN2O6S2. The van der Waals surface area contributed by atoms with Crippen molar-refractivity contribution in [3.63, 3.8) is 0 Å². The number of carboxylic acid groups (broad SMARTS) is 1. The van der Waals surface area contributed by atoms with Crippen molar-refractivity contribution < 1.29 is 29.0 Å². The van der Waals surface area contributed by atoms with Crippen molar-refractivity contribution in [2.45, 2.75) is 39.0 Å². The van der Waals surface area contributed by atoms with Gasteiger partial charge in [0.25, 0.3) is 11.8 Å². The van der Waals surface area contributed by atoms with Gasteiger partial charge in [-0.1, -0.05) is 24.0 Å². The zero-order valence-electron chi connectivity index (χ0n) is 18.9. The zero-order valence-corrected chi connectivity index (χ0v) is 22.1.